The highest BCUT2D eigenvalue weighted by Gasteiger charge is 2.47. The molecule has 4 heterocycles. The largest absolute Gasteiger partial charge is 0.365 e. The molecular weight excluding hydrogens is 465 g/mol. The number of nitrogens with one attached hydrogen (secondary N) is 1. The van der Waals surface area contributed by atoms with E-state index in [2.05, 4.69) is 20.7 Å². The summed E-state index contributed by atoms with van der Waals surface area (Å²) in [7, 11) is -3.98. The van der Waals surface area contributed by atoms with Crippen LogP contribution in [0.2, 0.25) is 0 Å². The number of amides is 1. The zero-order valence-corrected chi connectivity index (χ0v) is 19.3. The van der Waals surface area contributed by atoms with Gasteiger partial charge in [-0.05, 0) is 31.5 Å². The first-order valence-corrected chi connectivity index (χ1v) is 12.4. The topological polar surface area (TPSA) is 124 Å². The number of fused-ring (bicyclic) bond motifs is 1. The second kappa shape index (κ2) is 8.56. The van der Waals surface area contributed by atoms with Crippen LogP contribution < -0.4 is 5.32 Å². The lowest BCUT2D eigenvalue weighted by Crippen LogP contribution is -2.45. The highest BCUT2D eigenvalue weighted by atomic mass is 32.2. The summed E-state index contributed by atoms with van der Waals surface area (Å²) in [6.45, 7) is 3.46. The van der Waals surface area contributed by atoms with Crippen LogP contribution >= 0.6 is 0 Å². The zero-order chi connectivity index (χ0) is 23.9. The molecule has 2 aromatic heterocycles. The maximum Gasteiger partial charge on any atom is 0.269 e. The van der Waals surface area contributed by atoms with E-state index in [0.717, 1.165) is 11.8 Å². The Bertz CT molecular complexity index is 1340. The van der Waals surface area contributed by atoms with Crippen molar-refractivity contribution in [3.8, 4) is 0 Å². The van der Waals surface area contributed by atoms with Crippen LogP contribution in [-0.4, -0.2) is 62.1 Å². The molecule has 2 aliphatic rings. The molecule has 0 aliphatic carbocycles. The third-order valence-corrected chi connectivity index (χ3v) is 8.15. The van der Waals surface area contributed by atoms with Gasteiger partial charge < -0.3 is 10.1 Å². The van der Waals surface area contributed by atoms with Crippen LogP contribution in [0.3, 0.4) is 0 Å². The maximum atomic E-state index is 14.1. The molecule has 0 radical (unpaired) electrons. The van der Waals surface area contributed by atoms with Crippen molar-refractivity contribution in [2.45, 2.75) is 50.1 Å². The number of sulfonamides is 1. The predicted molar refractivity (Wildman–Crippen MR) is 116 cm³/mol. The number of rotatable bonds is 6. The Labute approximate surface area is 195 Å². The summed E-state index contributed by atoms with van der Waals surface area (Å²) in [5.41, 5.74) is 0.999. The summed E-state index contributed by atoms with van der Waals surface area (Å²) >= 11 is 0. The Kier molecular flexibility index (Phi) is 5.70. The number of nitrogens with zero attached hydrogens (tertiary/aromatic N) is 6. The molecule has 1 spiro atoms. The van der Waals surface area contributed by atoms with E-state index in [-0.39, 0.29) is 37.0 Å². The van der Waals surface area contributed by atoms with Crippen molar-refractivity contribution in [2.75, 3.05) is 13.1 Å². The smallest absolute Gasteiger partial charge is 0.269 e. The van der Waals surface area contributed by atoms with Gasteiger partial charge >= 0.3 is 0 Å². The number of benzene rings is 1. The summed E-state index contributed by atoms with van der Waals surface area (Å²) < 4.78 is 50.8. The van der Waals surface area contributed by atoms with Gasteiger partial charge in [0.05, 0.1) is 25.4 Å². The predicted octanol–water partition coefficient (Wildman–Crippen LogP) is 0.927. The van der Waals surface area contributed by atoms with E-state index in [9.17, 15) is 17.6 Å². The van der Waals surface area contributed by atoms with Crippen LogP contribution in [0.5, 0.6) is 0 Å². The normalized spacial score (nSPS) is 20.5. The third kappa shape index (κ3) is 3.89. The lowest BCUT2D eigenvalue weighted by Gasteiger charge is -2.34. The average molecular weight is 490 g/mol. The van der Waals surface area contributed by atoms with E-state index in [1.807, 2.05) is 6.92 Å². The lowest BCUT2D eigenvalue weighted by molar-refractivity contribution is -0.0813. The van der Waals surface area contributed by atoms with Crippen LogP contribution in [0.1, 0.15) is 35.2 Å². The molecule has 1 amide bonds. The van der Waals surface area contributed by atoms with Crippen LogP contribution in [0.4, 0.5) is 4.39 Å². The summed E-state index contributed by atoms with van der Waals surface area (Å²) in [6, 6.07) is 6.99. The van der Waals surface area contributed by atoms with Crippen molar-refractivity contribution in [3.05, 3.63) is 59.4 Å². The van der Waals surface area contributed by atoms with Gasteiger partial charge in [0.1, 0.15) is 27.7 Å². The van der Waals surface area contributed by atoms with Gasteiger partial charge in [0.2, 0.25) is 10.0 Å². The molecule has 1 N–H and O–H groups in total. The molecule has 1 saturated heterocycles. The molecule has 180 valence electrons. The van der Waals surface area contributed by atoms with E-state index >= 15 is 0 Å². The highest BCUT2D eigenvalue weighted by molar-refractivity contribution is 7.89. The Balaban J connectivity index is 1.27. The van der Waals surface area contributed by atoms with E-state index in [1.165, 1.54) is 22.5 Å². The van der Waals surface area contributed by atoms with Crippen LogP contribution in [-0.2, 0) is 41.0 Å². The number of aryl methyl sites for hydroxylation is 1. The quantitative estimate of drug-likeness (QED) is 0.546. The molecule has 34 heavy (non-hydrogen) atoms. The van der Waals surface area contributed by atoms with E-state index in [0.29, 0.717) is 30.9 Å². The molecule has 13 heteroatoms. The number of halogens is 1. The van der Waals surface area contributed by atoms with Crippen LogP contribution in [0.25, 0.3) is 0 Å². The first-order chi connectivity index (χ1) is 16.3. The summed E-state index contributed by atoms with van der Waals surface area (Å²) in [4.78, 5) is 12.1. The second-order valence-electron chi connectivity index (χ2n) is 8.35. The Hall–Kier alpha value is -3.16. The van der Waals surface area contributed by atoms with Gasteiger partial charge in [0.15, 0.2) is 0 Å². The molecule has 0 bridgehead atoms. The average Bonchev–Trinajstić information content (AvgIpc) is 3.56. The Morgan fingerprint density at radius 3 is 2.88 bits per heavy atom. The van der Waals surface area contributed by atoms with Crippen molar-refractivity contribution < 1.29 is 22.3 Å². The molecule has 5 rings (SSSR count). The Morgan fingerprint density at radius 2 is 2.09 bits per heavy atom. The van der Waals surface area contributed by atoms with Gasteiger partial charge in [-0.25, -0.2) is 17.5 Å². The molecule has 11 nitrogen and oxygen atoms in total. The molecule has 1 unspecified atom stereocenters. The number of carbonyl (C=O) groups excluding carboxylic acids is 1. The third-order valence-electron chi connectivity index (χ3n) is 6.27. The lowest BCUT2D eigenvalue weighted by atomic mass is 10.0. The van der Waals surface area contributed by atoms with Gasteiger partial charge in [-0.2, -0.15) is 9.40 Å². The summed E-state index contributed by atoms with van der Waals surface area (Å²) in [6.07, 6.45) is 2.02. The molecule has 3 aromatic rings. The Morgan fingerprint density at radius 1 is 1.26 bits per heavy atom. The number of hydrogen-bond donors (Lipinski definition) is 1. The van der Waals surface area contributed by atoms with Crippen molar-refractivity contribution in [1.82, 2.24) is 34.4 Å². The number of aromatic nitrogens is 5. The van der Waals surface area contributed by atoms with E-state index in [1.54, 1.807) is 21.6 Å². The molecule has 1 aromatic carbocycles. The van der Waals surface area contributed by atoms with Gasteiger partial charge in [0, 0.05) is 25.8 Å². The van der Waals surface area contributed by atoms with Crippen molar-refractivity contribution in [2.24, 2.45) is 0 Å². The SMILES string of the molecule is CCn1nccc1C(=O)NCc1nnn2c1COC1(CCN(S(=O)(=O)c3ccccc3F)C1)C2. The van der Waals surface area contributed by atoms with Gasteiger partial charge in [-0.3, -0.25) is 9.48 Å². The first kappa shape index (κ1) is 22.6. The van der Waals surface area contributed by atoms with Gasteiger partial charge in [-0.15, -0.1) is 5.10 Å². The minimum atomic E-state index is -3.98. The molecule has 1 atom stereocenters. The first-order valence-electron chi connectivity index (χ1n) is 10.9. The van der Waals surface area contributed by atoms with E-state index in [4.69, 9.17) is 4.74 Å². The number of carbonyl (C=O) groups is 1. The standard InChI is InChI=1S/C21H24FN7O4S/c1-2-28-17(7-9-24-28)20(30)23-11-16-18-12-33-21(14-29(18)26-25-16)8-10-27(13-21)34(31,32)19-6-4-3-5-15(19)22/h3-7,9H,2,8,10-14H2,1H3,(H,23,30). The zero-order valence-electron chi connectivity index (χ0n) is 18.5. The highest BCUT2D eigenvalue weighted by Crippen LogP contribution is 2.35. The minimum Gasteiger partial charge on any atom is -0.365 e. The van der Waals surface area contributed by atoms with E-state index < -0.39 is 21.4 Å². The fourth-order valence-corrected chi connectivity index (χ4v) is 6.00. The van der Waals surface area contributed by atoms with Crippen molar-refractivity contribution in [1.29, 1.82) is 0 Å². The van der Waals surface area contributed by atoms with Gasteiger partial charge in [0.25, 0.3) is 5.91 Å². The van der Waals surface area contributed by atoms with Crippen molar-refractivity contribution in [3.63, 3.8) is 0 Å². The monoisotopic (exact) mass is 489 g/mol. The molecular formula is C21H24FN7O4S. The summed E-state index contributed by atoms with van der Waals surface area (Å²) in [5.74, 6) is -1.04. The van der Waals surface area contributed by atoms with Crippen LogP contribution in [0.15, 0.2) is 41.4 Å². The van der Waals surface area contributed by atoms with Crippen LogP contribution in [0, 0.1) is 5.82 Å². The van der Waals surface area contributed by atoms with Crippen molar-refractivity contribution >= 4 is 15.9 Å². The molecule has 1 fully saturated rings. The maximum absolute atomic E-state index is 14.1. The second-order valence-corrected chi connectivity index (χ2v) is 10.3. The fraction of sp³-hybridized carbons (Fsp3) is 0.429. The minimum absolute atomic E-state index is 0.0933. The number of hydrogen-bond acceptors (Lipinski definition) is 7. The number of ether oxygens (including phenoxy) is 1. The summed E-state index contributed by atoms with van der Waals surface area (Å²) in [5, 5.41) is 15.3. The fourth-order valence-electron chi connectivity index (χ4n) is 4.42. The molecule has 2 aliphatic heterocycles. The molecule has 0 saturated carbocycles. The van der Waals surface area contributed by atoms with Gasteiger partial charge in [-0.1, -0.05) is 17.3 Å².